The minimum Gasteiger partial charge on any atom is -0.382 e. The third kappa shape index (κ3) is 2.02. The van der Waals surface area contributed by atoms with Gasteiger partial charge < -0.3 is 9.64 Å². The first kappa shape index (κ1) is 12.0. The Hall–Kier alpha value is -0.435. The first-order valence-corrected chi connectivity index (χ1v) is 6.26. The van der Waals surface area contributed by atoms with Gasteiger partial charge in [-0.2, -0.15) is 0 Å². The number of likely N-dealkylation sites (N-methyl/N-ethyl adjacent to an activating group) is 1. The molecular formula is C13H22BNO. The van der Waals surface area contributed by atoms with E-state index in [2.05, 4.69) is 18.9 Å². The molecule has 0 fully saturated rings. The van der Waals surface area contributed by atoms with Gasteiger partial charge in [0.15, 0.2) is 0 Å². The van der Waals surface area contributed by atoms with Crippen LogP contribution in [-0.2, 0) is 4.74 Å². The molecule has 0 amide bonds. The van der Waals surface area contributed by atoms with Crippen LogP contribution >= 0.6 is 0 Å². The lowest BCUT2D eigenvalue weighted by Crippen LogP contribution is -2.43. The molecule has 2 nitrogen and oxygen atoms in total. The quantitative estimate of drug-likeness (QED) is 0.661. The van der Waals surface area contributed by atoms with E-state index in [1.165, 1.54) is 25.0 Å². The van der Waals surface area contributed by atoms with Crippen molar-refractivity contribution >= 4 is 7.85 Å². The van der Waals surface area contributed by atoms with Gasteiger partial charge in [-0.25, -0.2) is 0 Å². The van der Waals surface area contributed by atoms with E-state index in [9.17, 15) is 0 Å². The van der Waals surface area contributed by atoms with Gasteiger partial charge in [0.1, 0.15) is 0 Å². The summed E-state index contributed by atoms with van der Waals surface area (Å²) in [5, 5.41) is 0. The Labute approximate surface area is 100 Å². The highest BCUT2D eigenvalue weighted by Crippen LogP contribution is 2.44. The van der Waals surface area contributed by atoms with Crippen molar-refractivity contribution in [2.45, 2.75) is 50.4 Å². The molecule has 0 aromatic rings. The van der Waals surface area contributed by atoms with E-state index in [0.29, 0.717) is 5.82 Å². The van der Waals surface area contributed by atoms with Crippen LogP contribution in [0.2, 0.25) is 5.82 Å². The summed E-state index contributed by atoms with van der Waals surface area (Å²) in [5.41, 5.74) is 3.26. The molecule has 1 heterocycles. The van der Waals surface area contributed by atoms with E-state index in [-0.39, 0.29) is 5.54 Å². The van der Waals surface area contributed by atoms with Gasteiger partial charge in [-0.1, -0.05) is 12.2 Å². The van der Waals surface area contributed by atoms with Crippen LogP contribution in [0.25, 0.3) is 0 Å². The van der Waals surface area contributed by atoms with Crippen LogP contribution < -0.4 is 0 Å². The third-order valence-corrected chi connectivity index (χ3v) is 4.17. The smallest absolute Gasteiger partial charge is 0.0703 e. The zero-order valence-electron chi connectivity index (χ0n) is 10.8. The molecule has 2 rings (SSSR count). The number of ether oxygens (including phenoxy) is 1. The topological polar surface area (TPSA) is 12.5 Å². The zero-order valence-corrected chi connectivity index (χ0v) is 10.8. The molecule has 3 heteroatoms. The molecule has 1 aliphatic heterocycles. The van der Waals surface area contributed by atoms with Crippen LogP contribution in [0, 0.1) is 0 Å². The van der Waals surface area contributed by atoms with Crippen molar-refractivity contribution in [1.29, 1.82) is 0 Å². The lowest BCUT2D eigenvalue weighted by Gasteiger charge is -2.35. The Bertz CT molecular complexity index is 302. The van der Waals surface area contributed by atoms with E-state index < -0.39 is 0 Å². The fourth-order valence-corrected chi connectivity index (χ4v) is 3.19. The van der Waals surface area contributed by atoms with Crippen LogP contribution in [-0.4, -0.2) is 39.0 Å². The van der Waals surface area contributed by atoms with Gasteiger partial charge >= 0.3 is 0 Å². The molecule has 0 aromatic heterocycles. The van der Waals surface area contributed by atoms with Crippen LogP contribution in [0.5, 0.6) is 0 Å². The Morgan fingerprint density at radius 1 is 1.56 bits per heavy atom. The van der Waals surface area contributed by atoms with E-state index in [1.54, 1.807) is 12.7 Å². The van der Waals surface area contributed by atoms with Crippen molar-refractivity contribution < 1.29 is 4.74 Å². The molecular weight excluding hydrogens is 197 g/mol. The van der Waals surface area contributed by atoms with Gasteiger partial charge in [0, 0.05) is 19.9 Å². The zero-order chi connectivity index (χ0) is 11.8. The van der Waals surface area contributed by atoms with Crippen LogP contribution in [0.15, 0.2) is 11.3 Å². The number of hydrogen-bond donors (Lipinski definition) is 0. The summed E-state index contributed by atoms with van der Waals surface area (Å²) in [4.78, 5) is 2.43. The molecule has 88 valence electrons. The summed E-state index contributed by atoms with van der Waals surface area (Å²) in [6.07, 6.45) is 5.80. The monoisotopic (exact) mass is 219 g/mol. The van der Waals surface area contributed by atoms with Crippen molar-refractivity contribution in [3.05, 3.63) is 11.3 Å². The van der Waals surface area contributed by atoms with E-state index in [1.807, 2.05) is 0 Å². The molecule has 0 saturated carbocycles. The molecule has 2 unspecified atom stereocenters. The number of methoxy groups -OCH3 is 1. The van der Waals surface area contributed by atoms with Gasteiger partial charge in [-0.15, -0.1) is 0 Å². The number of hydrogen-bond acceptors (Lipinski definition) is 2. The average Bonchev–Trinajstić information content (AvgIpc) is 2.37. The Morgan fingerprint density at radius 3 is 3.00 bits per heavy atom. The fraction of sp³-hybridized carbons (Fsp3) is 0.846. The lowest BCUT2D eigenvalue weighted by atomic mass is 9.78. The molecule has 0 spiro atoms. The van der Waals surface area contributed by atoms with Crippen molar-refractivity contribution in [3.8, 4) is 0 Å². The molecule has 0 saturated heterocycles. The second-order valence-corrected chi connectivity index (χ2v) is 5.57. The molecule has 1 aliphatic carbocycles. The predicted octanol–water partition coefficient (Wildman–Crippen LogP) is 2.51. The van der Waals surface area contributed by atoms with Crippen molar-refractivity contribution in [1.82, 2.24) is 4.90 Å². The van der Waals surface area contributed by atoms with Gasteiger partial charge in [0.2, 0.25) is 0 Å². The minimum absolute atomic E-state index is 0.149. The molecule has 2 atom stereocenters. The minimum atomic E-state index is 0.149. The highest BCUT2D eigenvalue weighted by Gasteiger charge is 2.39. The van der Waals surface area contributed by atoms with Gasteiger partial charge in [-0.3, -0.25) is 0 Å². The molecule has 0 aromatic carbocycles. The molecule has 2 aliphatic rings. The predicted molar refractivity (Wildman–Crippen MR) is 67.7 cm³/mol. The third-order valence-electron chi connectivity index (χ3n) is 4.17. The second-order valence-electron chi connectivity index (χ2n) is 5.57. The summed E-state index contributed by atoms with van der Waals surface area (Å²) >= 11 is 0. The molecule has 0 bridgehead atoms. The summed E-state index contributed by atoms with van der Waals surface area (Å²) in [6.45, 7) is 3.09. The largest absolute Gasteiger partial charge is 0.382 e. The Balaban J connectivity index is 2.17. The number of nitrogens with zero attached hydrogens (tertiary/aromatic N) is 1. The average molecular weight is 219 g/mol. The fourth-order valence-electron chi connectivity index (χ4n) is 3.19. The summed E-state index contributed by atoms with van der Waals surface area (Å²) in [5.74, 6) is 0.366. The first-order chi connectivity index (χ1) is 7.57. The van der Waals surface area contributed by atoms with Crippen molar-refractivity contribution in [2.24, 2.45) is 0 Å². The van der Waals surface area contributed by atoms with Gasteiger partial charge in [0.25, 0.3) is 0 Å². The van der Waals surface area contributed by atoms with Crippen LogP contribution in [0.4, 0.5) is 0 Å². The lowest BCUT2D eigenvalue weighted by molar-refractivity contribution is 0.0684. The summed E-state index contributed by atoms with van der Waals surface area (Å²) in [6, 6.07) is 0. The highest BCUT2D eigenvalue weighted by molar-refractivity contribution is 6.11. The standard InChI is InChI=1S/C13H22BNO/c1-13(9-16-3)8-10-7-11(14)5-4-6-12(10)15(13)2/h11H,4-9H2,1-3H3. The van der Waals surface area contributed by atoms with Gasteiger partial charge in [0.05, 0.1) is 20.0 Å². The van der Waals surface area contributed by atoms with Crippen LogP contribution in [0.3, 0.4) is 0 Å². The number of allylic oxidation sites excluding steroid dienone is 1. The highest BCUT2D eigenvalue weighted by atomic mass is 16.5. The summed E-state index contributed by atoms with van der Waals surface area (Å²) in [7, 11) is 10.1. The summed E-state index contributed by atoms with van der Waals surface area (Å²) < 4.78 is 5.36. The SMILES string of the molecule is [B]C1CCCC2=C(C1)CC(C)(COC)N2C. The number of rotatable bonds is 2. The van der Waals surface area contributed by atoms with E-state index in [0.717, 1.165) is 19.4 Å². The normalized spacial score (nSPS) is 35.2. The maximum atomic E-state index is 6.11. The van der Waals surface area contributed by atoms with Crippen molar-refractivity contribution in [3.63, 3.8) is 0 Å². The van der Waals surface area contributed by atoms with E-state index in [4.69, 9.17) is 12.6 Å². The maximum absolute atomic E-state index is 6.11. The Morgan fingerprint density at radius 2 is 2.31 bits per heavy atom. The molecule has 0 N–H and O–H groups in total. The Kier molecular flexibility index (Phi) is 3.34. The van der Waals surface area contributed by atoms with Gasteiger partial charge in [-0.05, 0) is 38.2 Å². The second kappa shape index (κ2) is 4.44. The maximum Gasteiger partial charge on any atom is 0.0703 e. The van der Waals surface area contributed by atoms with E-state index >= 15 is 0 Å². The van der Waals surface area contributed by atoms with Crippen molar-refractivity contribution in [2.75, 3.05) is 20.8 Å². The first-order valence-electron chi connectivity index (χ1n) is 6.26. The molecule has 16 heavy (non-hydrogen) atoms. The molecule has 2 radical (unpaired) electrons. The van der Waals surface area contributed by atoms with Crippen LogP contribution in [0.1, 0.15) is 39.0 Å².